The third kappa shape index (κ3) is 5.88. The maximum atomic E-state index is 12.7. The first-order valence-corrected chi connectivity index (χ1v) is 9.38. The molecule has 0 aromatic heterocycles. The number of carbonyl (C=O) groups is 2. The second-order valence-electron chi connectivity index (χ2n) is 6.45. The molecule has 1 fully saturated rings. The predicted octanol–water partition coefficient (Wildman–Crippen LogP) is 2.51. The first kappa shape index (κ1) is 20.5. The van der Waals surface area contributed by atoms with Crippen LogP contribution in [-0.2, 0) is 14.3 Å². The number of halogens is 1. The van der Waals surface area contributed by atoms with Crippen molar-refractivity contribution in [3.63, 3.8) is 0 Å². The molecule has 144 valence electrons. The van der Waals surface area contributed by atoms with E-state index in [1.807, 2.05) is 24.0 Å². The van der Waals surface area contributed by atoms with E-state index in [-0.39, 0.29) is 18.4 Å². The molecule has 1 aromatic carbocycles. The fourth-order valence-electron chi connectivity index (χ4n) is 2.94. The van der Waals surface area contributed by atoms with E-state index in [1.54, 1.807) is 24.8 Å². The second-order valence-corrected chi connectivity index (χ2v) is 6.86. The molecule has 7 heteroatoms. The van der Waals surface area contributed by atoms with Crippen LogP contribution in [0.3, 0.4) is 0 Å². The molecule has 0 bridgehead atoms. The van der Waals surface area contributed by atoms with Crippen molar-refractivity contribution >= 4 is 23.5 Å². The molecule has 0 N–H and O–H groups in total. The van der Waals surface area contributed by atoms with Crippen molar-refractivity contribution in [2.75, 3.05) is 39.3 Å². The van der Waals surface area contributed by atoms with Crippen LogP contribution < -0.4 is 4.74 Å². The Balaban J connectivity index is 1.90. The van der Waals surface area contributed by atoms with Crippen LogP contribution in [0.5, 0.6) is 5.75 Å². The third-order valence-corrected chi connectivity index (χ3v) is 4.61. The highest BCUT2D eigenvalue weighted by atomic mass is 35.5. The topological polar surface area (TPSA) is 59.1 Å². The predicted molar refractivity (Wildman–Crippen MR) is 101 cm³/mol. The third-order valence-electron chi connectivity index (χ3n) is 4.30. The van der Waals surface area contributed by atoms with Gasteiger partial charge in [-0.1, -0.05) is 17.7 Å². The van der Waals surface area contributed by atoms with E-state index in [0.29, 0.717) is 37.0 Å². The van der Waals surface area contributed by atoms with Crippen LogP contribution in [0.4, 0.5) is 0 Å². The first-order chi connectivity index (χ1) is 12.4. The number of ether oxygens (including phenoxy) is 2. The van der Waals surface area contributed by atoms with Crippen molar-refractivity contribution in [2.45, 2.75) is 33.3 Å². The van der Waals surface area contributed by atoms with Gasteiger partial charge in [-0.25, -0.2) is 0 Å². The van der Waals surface area contributed by atoms with Gasteiger partial charge < -0.3 is 14.4 Å². The van der Waals surface area contributed by atoms with Gasteiger partial charge in [-0.05, 0) is 44.9 Å². The summed E-state index contributed by atoms with van der Waals surface area (Å²) in [6.07, 6.45) is 0.189. The van der Waals surface area contributed by atoms with E-state index in [4.69, 9.17) is 21.1 Å². The number of esters is 1. The number of carbonyl (C=O) groups excluding carboxylic acids is 2. The van der Waals surface area contributed by atoms with Crippen molar-refractivity contribution < 1.29 is 19.1 Å². The molecule has 1 aliphatic rings. The van der Waals surface area contributed by atoms with Gasteiger partial charge in [0.25, 0.3) is 5.91 Å². The highest BCUT2D eigenvalue weighted by Gasteiger charge is 2.25. The SMILES string of the molecule is CCOC(=O)CN1CCCN(C(=O)C(C)Oc2cc(C)ccc2Cl)CC1. The molecule has 1 saturated heterocycles. The molecule has 0 spiro atoms. The van der Waals surface area contributed by atoms with Gasteiger partial charge in [0.1, 0.15) is 5.75 Å². The first-order valence-electron chi connectivity index (χ1n) is 9.00. The summed E-state index contributed by atoms with van der Waals surface area (Å²) in [5.74, 6) is 0.227. The number of amides is 1. The molecule has 1 aliphatic heterocycles. The molecule has 1 aromatic rings. The molecule has 1 amide bonds. The zero-order chi connectivity index (χ0) is 19.1. The maximum Gasteiger partial charge on any atom is 0.320 e. The molecule has 0 aliphatic carbocycles. The molecule has 1 atom stereocenters. The van der Waals surface area contributed by atoms with Crippen molar-refractivity contribution in [3.05, 3.63) is 28.8 Å². The summed E-state index contributed by atoms with van der Waals surface area (Å²) in [6, 6.07) is 5.49. The Morgan fingerprint density at radius 1 is 1.23 bits per heavy atom. The quantitative estimate of drug-likeness (QED) is 0.707. The number of aryl methyl sites for hydroxylation is 1. The molecule has 1 heterocycles. The summed E-state index contributed by atoms with van der Waals surface area (Å²) in [5, 5.41) is 0.492. The fourth-order valence-corrected chi connectivity index (χ4v) is 3.10. The number of benzene rings is 1. The van der Waals surface area contributed by atoms with Crippen LogP contribution in [0.2, 0.25) is 5.02 Å². The van der Waals surface area contributed by atoms with Gasteiger partial charge in [-0.2, -0.15) is 0 Å². The Kier molecular flexibility index (Phi) is 7.72. The Hall–Kier alpha value is -1.79. The van der Waals surface area contributed by atoms with Gasteiger partial charge in [0.05, 0.1) is 18.2 Å². The highest BCUT2D eigenvalue weighted by molar-refractivity contribution is 6.32. The normalized spacial score (nSPS) is 16.7. The van der Waals surface area contributed by atoms with Gasteiger partial charge in [0, 0.05) is 26.2 Å². The van der Waals surface area contributed by atoms with Crippen molar-refractivity contribution in [1.82, 2.24) is 9.80 Å². The van der Waals surface area contributed by atoms with E-state index in [2.05, 4.69) is 0 Å². The van der Waals surface area contributed by atoms with E-state index in [0.717, 1.165) is 18.5 Å². The number of nitrogens with zero attached hydrogens (tertiary/aromatic N) is 2. The van der Waals surface area contributed by atoms with Crippen molar-refractivity contribution in [3.8, 4) is 5.75 Å². The molecule has 2 rings (SSSR count). The summed E-state index contributed by atoms with van der Waals surface area (Å²) < 4.78 is 10.8. The van der Waals surface area contributed by atoms with Crippen LogP contribution in [0.25, 0.3) is 0 Å². The van der Waals surface area contributed by atoms with Crippen LogP contribution in [-0.4, -0.2) is 67.1 Å². The van der Waals surface area contributed by atoms with Crippen LogP contribution in [0, 0.1) is 6.92 Å². The van der Waals surface area contributed by atoms with E-state index >= 15 is 0 Å². The highest BCUT2D eigenvalue weighted by Crippen LogP contribution is 2.26. The maximum absolute atomic E-state index is 12.7. The van der Waals surface area contributed by atoms with Crippen LogP contribution in [0.1, 0.15) is 25.8 Å². The minimum absolute atomic E-state index is 0.0689. The summed E-state index contributed by atoms with van der Waals surface area (Å²) in [4.78, 5) is 28.2. The Morgan fingerprint density at radius 2 is 2.00 bits per heavy atom. The lowest BCUT2D eigenvalue weighted by Gasteiger charge is -2.25. The molecule has 0 radical (unpaired) electrons. The van der Waals surface area contributed by atoms with E-state index in [1.165, 1.54) is 0 Å². The van der Waals surface area contributed by atoms with Gasteiger partial charge >= 0.3 is 5.97 Å². The largest absolute Gasteiger partial charge is 0.479 e. The second kappa shape index (κ2) is 9.78. The molecule has 0 saturated carbocycles. The van der Waals surface area contributed by atoms with Gasteiger partial charge in [0.2, 0.25) is 0 Å². The lowest BCUT2D eigenvalue weighted by Crippen LogP contribution is -2.42. The number of hydrogen-bond donors (Lipinski definition) is 0. The van der Waals surface area contributed by atoms with Crippen LogP contribution >= 0.6 is 11.6 Å². The van der Waals surface area contributed by atoms with Gasteiger partial charge in [-0.15, -0.1) is 0 Å². The average molecular weight is 383 g/mol. The fraction of sp³-hybridized carbons (Fsp3) is 0.579. The molecule has 1 unspecified atom stereocenters. The Labute approximate surface area is 160 Å². The summed E-state index contributed by atoms with van der Waals surface area (Å²) >= 11 is 6.15. The minimum atomic E-state index is -0.620. The summed E-state index contributed by atoms with van der Waals surface area (Å²) in [7, 11) is 0. The summed E-state index contributed by atoms with van der Waals surface area (Å²) in [5.41, 5.74) is 1.02. The molecule has 6 nitrogen and oxygen atoms in total. The van der Waals surface area contributed by atoms with Crippen LogP contribution in [0.15, 0.2) is 18.2 Å². The van der Waals surface area contributed by atoms with E-state index < -0.39 is 6.10 Å². The molecular weight excluding hydrogens is 356 g/mol. The van der Waals surface area contributed by atoms with E-state index in [9.17, 15) is 9.59 Å². The zero-order valence-corrected chi connectivity index (χ0v) is 16.4. The smallest absolute Gasteiger partial charge is 0.320 e. The molecular formula is C19H27ClN2O4. The number of rotatable bonds is 6. The lowest BCUT2D eigenvalue weighted by molar-refractivity contribution is -0.144. The van der Waals surface area contributed by atoms with Gasteiger partial charge in [-0.3, -0.25) is 14.5 Å². The van der Waals surface area contributed by atoms with Crippen molar-refractivity contribution in [2.24, 2.45) is 0 Å². The number of hydrogen-bond acceptors (Lipinski definition) is 5. The monoisotopic (exact) mass is 382 g/mol. The lowest BCUT2D eigenvalue weighted by atomic mass is 10.2. The Morgan fingerprint density at radius 3 is 2.73 bits per heavy atom. The Bertz CT molecular complexity index is 638. The standard InChI is InChI=1S/C19H27ClN2O4/c1-4-25-18(23)13-21-8-5-9-22(11-10-21)19(24)15(3)26-17-12-14(2)6-7-16(17)20/h6-7,12,15H,4-5,8-11,13H2,1-3H3. The average Bonchev–Trinajstić information content (AvgIpc) is 2.83. The zero-order valence-electron chi connectivity index (χ0n) is 15.7. The van der Waals surface area contributed by atoms with Gasteiger partial charge in [0.15, 0.2) is 6.10 Å². The molecule has 26 heavy (non-hydrogen) atoms. The van der Waals surface area contributed by atoms with Crippen molar-refractivity contribution in [1.29, 1.82) is 0 Å². The summed E-state index contributed by atoms with van der Waals surface area (Å²) in [6.45, 7) is 8.74. The minimum Gasteiger partial charge on any atom is -0.479 e.